The second-order valence-corrected chi connectivity index (χ2v) is 3.21. The maximum atomic E-state index is 11.0. The van der Waals surface area contributed by atoms with E-state index in [4.69, 9.17) is 0 Å². The molecule has 1 aromatic carbocycles. The average Bonchev–Trinajstić information content (AvgIpc) is 2.35. The number of nitrogens with zero attached hydrogens (tertiary/aromatic N) is 2. The van der Waals surface area contributed by atoms with Crippen LogP contribution in [0.15, 0.2) is 30.5 Å². The molecule has 0 amide bonds. The first kappa shape index (κ1) is 10.4. The third-order valence-electron chi connectivity index (χ3n) is 2.20. The van der Waals surface area contributed by atoms with Gasteiger partial charge in [0.15, 0.2) is 5.82 Å². The van der Waals surface area contributed by atoms with Crippen molar-refractivity contribution < 1.29 is 9.53 Å². The number of anilines is 1. The molecule has 0 aliphatic carbocycles. The Kier molecular flexibility index (Phi) is 2.95. The van der Waals surface area contributed by atoms with Gasteiger partial charge in [0.2, 0.25) is 0 Å². The molecule has 1 heterocycles. The van der Waals surface area contributed by atoms with Crippen LogP contribution in [0.3, 0.4) is 0 Å². The van der Waals surface area contributed by atoms with Gasteiger partial charge in [0.25, 0.3) is 0 Å². The van der Waals surface area contributed by atoms with Crippen LogP contribution in [0.25, 0.3) is 10.8 Å². The predicted molar refractivity (Wildman–Crippen MR) is 60.0 cm³/mol. The van der Waals surface area contributed by atoms with Crippen molar-refractivity contribution in [3.8, 4) is 0 Å². The number of hydrogen-bond donors (Lipinski definition) is 1. The van der Waals surface area contributed by atoms with Gasteiger partial charge < -0.3 is 10.1 Å². The summed E-state index contributed by atoms with van der Waals surface area (Å²) >= 11 is 0. The fourth-order valence-corrected chi connectivity index (χ4v) is 1.39. The van der Waals surface area contributed by atoms with Gasteiger partial charge in [0.1, 0.15) is 6.54 Å². The number of rotatable bonds is 3. The average molecular weight is 217 g/mol. The van der Waals surface area contributed by atoms with Crippen LogP contribution >= 0.6 is 0 Å². The molecule has 16 heavy (non-hydrogen) atoms. The van der Waals surface area contributed by atoms with Gasteiger partial charge >= 0.3 is 5.97 Å². The van der Waals surface area contributed by atoms with Gasteiger partial charge in [-0.15, -0.1) is 5.10 Å². The third-order valence-corrected chi connectivity index (χ3v) is 2.20. The summed E-state index contributed by atoms with van der Waals surface area (Å²) in [5, 5.41) is 12.6. The van der Waals surface area contributed by atoms with E-state index in [9.17, 15) is 4.79 Å². The number of fused-ring (bicyclic) bond motifs is 1. The van der Waals surface area contributed by atoms with E-state index in [1.54, 1.807) is 6.20 Å². The topological polar surface area (TPSA) is 64.1 Å². The molecule has 2 aromatic rings. The number of ether oxygens (including phenoxy) is 1. The van der Waals surface area contributed by atoms with E-state index in [1.807, 2.05) is 24.3 Å². The minimum atomic E-state index is -0.338. The number of carbonyl (C=O) groups is 1. The summed E-state index contributed by atoms with van der Waals surface area (Å²) in [5.41, 5.74) is 0. The number of carbonyl (C=O) groups excluding carboxylic acids is 1. The van der Waals surface area contributed by atoms with Crippen molar-refractivity contribution in [2.45, 2.75) is 0 Å². The van der Waals surface area contributed by atoms with E-state index in [0.29, 0.717) is 5.82 Å². The number of benzene rings is 1. The van der Waals surface area contributed by atoms with E-state index < -0.39 is 0 Å². The first-order valence-electron chi connectivity index (χ1n) is 4.82. The first-order valence-corrected chi connectivity index (χ1v) is 4.82. The fraction of sp³-hybridized carbons (Fsp3) is 0.182. The number of aromatic nitrogens is 2. The van der Waals surface area contributed by atoms with E-state index in [2.05, 4.69) is 20.3 Å². The molecule has 0 atom stereocenters. The zero-order valence-corrected chi connectivity index (χ0v) is 8.80. The summed E-state index contributed by atoms with van der Waals surface area (Å²) in [6.45, 7) is 0.0825. The van der Waals surface area contributed by atoms with Gasteiger partial charge in [-0.2, -0.15) is 5.10 Å². The van der Waals surface area contributed by atoms with Crippen LogP contribution in [0.1, 0.15) is 0 Å². The van der Waals surface area contributed by atoms with Crippen molar-refractivity contribution in [3.63, 3.8) is 0 Å². The summed E-state index contributed by atoms with van der Waals surface area (Å²) in [7, 11) is 1.35. The normalized spacial score (nSPS) is 10.1. The van der Waals surface area contributed by atoms with Crippen molar-refractivity contribution >= 4 is 22.6 Å². The predicted octanol–water partition coefficient (Wildman–Crippen LogP) is 1.21. The highest BCUT2D eigenvalue weighted by Gasteiger charge is 2.04. The van der Waals surface area contributed by atoms with Crippen LogP contribution in [0.4, 0.5) is 5.82 Å². The second-order valence-electron chi connectivity index (χ2n) is 3.21. The Bertz CT molecular complexity index is 508. The van der Waals surface area contributed by atoms with E-state index >= 15 is 0 Å². The maximum Gasteiger partial charge on any atom is 0.325 e. The molecule has 0 aliphatic heterocycles. The number of hydrogen-bond acceptors (Lipinski definition) is 5. The minimum absolute atomic E-state index is 0.0825. The van der Waals surface area contributed by atoms with E-state index in [1.165, 1.54) is 7.11 Å². The Morgan fingerprint density at radius 1 is 1.44 bits per heavy atom. The summed E-state index contributed by atoms with van der Waals surface area (Å²) in [4.78, 5) is 11.0. The highest BCUT2D eigenvalue weighted by Crippen LogP contribution is 2.18. The second kappa shape index (κ2) is 4.57. The fourth-order valence-electron chi connectivity index (χ4n) is 1.39. The smallest absolute Gasteiger partial charge is 0.325 e. The molecule has 0 aliphatic rings. The quantitative estimate of drug-likeness (QED) is 0.783. The number of methoxy groups -OCH3 is 1. The Labute approximate surface area is 92.4 Å². The molecule has 1 aromatic heterocycles. The molecule has 0 bridgehead atoms. The summed E-state index contributed by atoms with van der Waals surface area (Å²) in [6, 6.07) is 7.69. The molecule has 1 N–H and O–H groups in total. The lowest BCUT2D eigenvalue weighted by Gasteiger charge is -2.06. The summed E-state index contributed by atoms with van der Waals surface area (Å²) in [5.74, 6) is 0.248. The highest BCUT2D eigenvalue weighted by atomic mass is 16.5. The third kappa shape index (κ3) is 2.08. The number of esters is 1. The molecule has 0 saturated heterocycles. The molecule has 0 unspecified atom stereocenters. The Morgan fingerprint density at radius 3 is 3.06 bits per heavy atom. The standard InChI is InChI=1S/C11H11N3O2/c1-16-10(15)7-12-11-9-5-3-2-4-8(9)6-13-14-11/h2-6H,7H2,1H3,(H,12,14). The van der Waals surface area contributed by atoms with Gasteiger partial charge in [-0.05, 0) is 0 Å². The van der Waals surface area contributed by atoms with Crippen molar-refractivity contribution in [1.29, 1.82) is 0 Å². The van der Waals surface area contributed by atoms with Crippen molar-refractivity contribution in [1.82, 2.24) is 10.2 Å². The van der Waals surface area contributed by atoms with E-state index in [-0.39, 0.29) is 12.5 Å². The van der Waals surface area contributed by atoms with Gasteiger partial charge in [-0.25, -0.2) is 0 Å². The SMILES string of the molecule is COC(=O)CNc1nncc2ccccc12. The highest BCUT2D eigenvalue weighted by molar-refractivity contribution is 5.91. The van der Waals surface area contributed by atoms with Crippen LogP contribution < -0.4 is 5.32 Å². The molecule has 0 spiro atoms. The Balaban J connectivity index is 2.27. The van der Waals surface area contributed by atoms with Gasteiger partial charge in [-0.1, -0.05) is 24.3 Å². The molecular weight excluding hydrogens is 206 g/mol. The van der Waals surface area contributed by atoms with Crippen molar-refractivity contribution in [2.75, 3.05) is 19.0 Å². The maximum absolute atomic E-state index is 11.0. The molecule has 5 nitrogen and oxygen atoms in total. The van der Waals surface area contributed by atoms with Crippen LogP contribution in [-0.4, -0.2) is 29.8 Å². The lowest BCUT2D eigenvalue weighted by atomic mass is 10.2. The van der Waals surface area contributed by atoms with Gasteiger partial charge in [0, 0.05) is 10.8 Å². The molecule has 82 valence electrons. The lowest BCUT2D eigenvalue weighted by Crippen LogP contribution is -2.16. The number of nitrogens with one attached hydrogen (secondary N) is 1. The molecular formula is C11H11N3O2. The van der Waals surface area contributed by atoms with Crippen molar-refractivity contribution in [3.05, 3.63) is 30.5 Å². The van der Waals surface area contributed by atoms with E-state index in [0.717, 1.165) is 10.8 Å². The summed E-state index contributed by atoms with van der Waals surface area (Å²) in [6.07, 6.45) is 1.68. The van der Waals surface area contributed by atoms with Crippen LogP contribution in [0, 0.1) is 0 Å². The van der Waals surface area contributed by atoms with Gasteiger partial charge in [-0.3, -0.25) is 4.79 Å². The van der Waals surface area contributed by atoms with Gasteiger partial charge in [0.05, 0.1) is 13.3 Å². The largest absolute Gasteiger partial charge is 0.468 e. The Morgan fingerprint density at radius 2 is 2.25 bits per heavy atom. The van der Waals surface area contributed by atoms with Crippen LogP contribution in [-0.2, 0) is 9.53 Å². The molecule has 2 rings (SSSR count). The van der Waals surface area contributed by atoms with Crippen LogP contribution in [0.2, 0.25) is 0 Å². The monoisotopic (exact) mass is 217 g/mol. The van der Waals surface area contributed by atoms with Crippen LogP contribution in [0.5, 0.6) is 0 Å². The zero-order valence-electron chi connectivity index (χ0n) is 8.80. The molecule has 5 heteroatoms. The minimum Gasteiger partial charge on any atom is -0.468 e. The summed E-state index contributed by atoms with van der Waals surface area (Å²) < 4.78 is 4.53. The molecule has 0 fully saturated rings. The molecule has 0 saturated carbocycles. The lowest BCUT2D eigenvalue weighted by molar-refractivity contribution is -0.138. The zero-order chi connectivity index (χ0) is 11.4. The Hall–Kier alpha value is -2.17. The first-order chi connectivity index (χ1) is 7.81. The van der Waals surface area contributed by atoms with Crippen molar-refractivity contribution in [2.24, 2.45) is 0 Å². The molecule has 0 radical (unpaired) electrons.